The smallest absolute Gasteiger partial charge is 0.246 e. The minimum atomic E-state index is -3.53. The molecule has 0 radical (unpaired) electrons. The number of aromatic nitrogens is 2. The van der Waals surface area contributed by atoms with Crippen LogP contribution in [0.2, 0.25) is 0 Å². The van der Waals surface area contributed by atoms with Crippen molar-refractivity contribution in [2.45, 2.75) is 38.1 Å². The number of nitrogens with one attached hydrogen (secondary N) is 1. The monoisotopic (exact) mass is 286 g/mol. The maximum atomic E-state index is 12.4. The molecule has 1 rings (SSSR count). The van der Waals surface area contributed by atoms with Gasteiger partial charge in [-0.15, -0.1) is 0 Å². The molecule has 19 heavy (non-hydrogen) atoms. The second kappa shape index (κ2) is 6.29. The SMILES string of the molecule is CNc1ncc(S(=O)(=O)N(C)C(C)CC(C)C)cn1. The third-order valence-corrected chi connectivity index (χ3v) is 4.89. The lowest BCUT2D eigenvalue weighted by Crippen LogP contribution is -2.36. The van der Waals surface area contributed by atoms with Gasteiger partial charge in [0.25, 0.3) is 0 Å². The molecule has 0 aliphatic carbocycles. The molecule has 0 amide bonds. The highest BCUT2D eigenvalue weighted by Crippen LogP contribution is 2.19. The van der Waals surface area contributed by atoms with Crippen LogP contribution < -0.4 is 5.32 Å². The van der Waals surface area contributed by atoms with Crippen LogP contribution in [0.25, 0.3) is 0 Å². The molecule has 0 spiro atoms. The van der Waals surface area contributed by atoms with Gasteiger partial charge < -0.3 is 5.32 Å². The van der Waals surface area contributed by atoms with Crippen LogP contribution in [0.5, 0.6) is 0 Å². The highest BCUT2D eigenvalue weighted by atomic mass is 32.2. The average molecular weight is 286 g/mol. The molecule has 0 aliphatic rings. The topological polar surface area (TPSA) is 75.2 Å². The van der Waals surface area contributed by atoms with Crippen molar-refractivity contribution in [2.24, 2.45) is 5.92 Å². The van der Waals surface area contributed by atoms with E-state index in [4.69, 9.17) is 0 Å². The molecule has 1 unspecified atom stereocenters. The molecule has 0 saturated heterocycles. The Morgan fingerprint density at radius 2 is 1.79 bits per heavy atom. The van der Waals surface area contributed by atoms with Gasteiger partial charge >= 0.3 is 0 Å². The second-order valence-corrected chi connectivity index (χ2v) is 6.99. The predicted molar refractivity (Wildman–Crippen MR) is 75.4 cm³/mol. The van der Waals surface area contributed by atoms with Crippen molar-refractivity contribution in [1.82, 2.24) is 14.3 Å². The van der Waals surface area contributed by atoms with Crippen LogP contribution in [-0.2, 0) is 10.0 Å². The van der Waals surface area contributed by atoms with Gasteiger partial charge in [0, 0.05) is 20.1 Å². The maximum absolute atomic E-state index is 12.4. The normalized spacial score (nSPS) is 13.8. The van der Waals surface area contributed by atoms with Gasteiger partial charge in [-0.1, -0.05) is 13.8 Å². The number of sulfonamides is 1. The number of rotatable bonds is 6. The fraction of sp³-hybridized carbons (Fsp3) is 0.667. The maximum Gasteiger partial charge on any atom is 0.246 e. The fourth-order valence-electron chi connectivity index (χ4n) is 1.81. The predicted octanol–water partition coefficient (Wildman–Crippen LogP) is 1.57. The van der Waals surface area contributed by atoms with Crippen molar-refractivity contribution in [3.05, 3.63) is 12.4 Å². The quantitative estimate of drug-likeness (QED) is 0.859. The number of anilines is 1. The van der Waals surface area contributed by atoms with E-state index in [0.717, 1.165) is 6.42 Å². The van der Waals surface area contributed by atoms with Gasteiger partial charge in [-0.3, -0.25) is 0 Å². The molecule has 0 bridgehead atoms. The molecule has 1 atom stereocenters. The van der Waals surface area contributed by atoms with Crippen molar-refractivity contribution in [3.8, 4) is 0 Å². The van der Waals surface area contributed by atoms with E-state index in [1.807, 2.05) is 6.92 Å². The van der Waals surface area contributed by atoms with Crippen LogP contribution in [0.15, 0.2) is 17.3 Å². The third-order valence-electron chi connectivity index (χ3n) is 2.96. The Kier molecular flexibility index (Phi) is 5.25. The van der Waals surface area contributed by atoms with E-state index in [9.17, 15) is 8.42 Å². The van der Waals surface area contributed by atoms with E-state index in [1.54, 1.807) is 14.1 Å². The van der Waals surface area contributed by atoms with E-state index in [2.05, 4.69) is 29.1 Å². The van der Waals surface area contributed by atoms with Crippen molar-refractivity contribution in [1.29, 1.82) is 0 Å². The minimum Gasteiger partial charge on any atom is -0.357 e. The Morgan fingerprint density at radius 3 is 2.21 bits per heavy atom. The molecule has 1 aromatic heterocycles. The fourth-order valence-corrected chi connectivity index (χ4v) is 3.08. The van der Waals surface area contributed by atoms with Crippen LogP contribution in [-0.4, -0.2) is 42.8 Å². The van der Waals surface area contributed by atoms with Crippen LogP contribution in [0.1, 0.15) is 27.2 Å². The summed E-state index contributed by atoms with van der Waals surface area (Å²) in [6, 6.07) is -0.0611. The highest BCUT2D eigenvalue weighted by molar-refractivity contribution is 7.89. The number of hydrogen-bond donors (Lipinski definition) is 1. The molecule has 108 valence electrons. The van der Waals surface area contributed by atoms with E-state index in [1.165, 1.54) is 16.7 Å². The Bertz CT molecular complexity index is 499. The van der Waals surface area contributed by atoms with E-state index in [-0.39, 0.29) is 10.9 Å². The summed E-state index contributed by atoms with van der Waals surface area (Å²) in [6.45, 7) is 6.05. The first-order chi connectivity index (χ1) is 8.78. The summed E-state index contributed by atoms with van der Waals surface area (Å²) in [4.78, 5) is 7.99. The molecule has 1 aromatic rings. The Hall–Kier alpha value is -1.21. The van der Waals surface area contributed by atoms with Crippen molar-refractivity contribution in [2.75, 3.05) is 19.4 Å². The zero-order valence-corrected chi connectivity index (χ0v) is 12.9. The zero-order chi connectivity index (χ0) is 14.6. The molecule has 1 heterocycles. The first-order valence-electron chi connectivity index (χ1n) is 6.26. The number of nitrogens with zero attached hydrogens (tertiary/aromatic N) is 3. The van der Waals surface area contributed by atoms with Crippen LogP contribution in [0.3, 0.4) is 0 Å². The largest absolute Gasteiger partial charge is 0.357 e. The van der Waals surface area contributed by atoms with Gasteiger partial charge in [0.2, 0.25) is 16.0 Å². The Morgan fingerprint density at radius 1 is 1.26 bits per heavy atom. The summed E-state index contributed by atoms with van der Waals surface area (Å²) in [5, 5.41) is 2.75. The molecular formula is C12H22N4O2S. The zero-order valence-electron chi connectivity index (χ0n) is 12.1. The summed E-state index contributed by atoms with van der Waals surface area (Å²) >= 11 is 0. The molecular weight excluding hydrogens is 264 g/mol. The summed E-state index contributed by atoms with van der Waals surface area (Å²) in [6.07, 6.45) is 3.46. The van der Waals surface area contributed by atoms with Crippen molar-refractivity contribution in [3.63, 3.8) is 0 Å². The lowest BCUT2D eigenvalue weighted by molar-refractivity contribution is 0.337. The standard InChI is InChI=1S/C12H22N4O2S/c1-9(2)6-10(3)16(5)19(17,18)11-7-14-12(13-4)15-8-11/h7-10H,6H2,1-5H3,(H,13,14,15). The van der Waals surface area contributed by atoms with Gasteiger partial charge in [-0.2, -0.15) is 4.31 Å². The van der Waals surface area contributed by atoms with E-state index < -0.39 is 10.0 Å². The molecule has 0 saturated carbocycles. The van der Waals surface area contributed by atoms with Crippen LogP contribution in [0.4, 0.5) is 5.95 Å². The van der Waals surface area contributed by atoms with E-state index >= 15 is 0 Å². The Labute approximate surface area is 115 Å². The van der Waals surface area contributed by atoms with Crippen molar-refractivity contribution >= 4 is 16.0 Å². The molecule has 0 aliphatic heterocycles. The van der Waals surface area contributed by atoms with Gasteiger partial charge in [-0.25, -0.2) is 18.4 Å². The summed E-state index contributed by atoms with van der Waals surface area (Å²) in [5.41, 5.74) is 0. The van der Waals surface area contributed by atoms with Gasteiger partial charge in [0.15, 0.2) is 0 Å². The second-order valence-electron chi connectivity index (χ2n) is 4.99. The van der Waals surface area contributed by atoms with Gasteiger partial charge in [0.1, 0.15) is 4.90 Å². The summed E-state index contributed by atoms with van der Waals surface area (Å²) in [5.74, 6) is 0.840. The molecule has 0 aromatic carbocycles. The molecule has 1 N–H and O–H groups in total. The summed E-state index contributed by atoms with van der Waals surface area (Å²) in [7, 11) is -0.256. The number of hydrogen-bond acceptors (Lipinski definition) is 5. The molecule has 7 heteroatoms. The molecule has 0 fully saturated rings. The first kappa shape index (κ1) is 15.8. The minimum absolute atomic E-state index is 0.0611. The lowest BCUT2D eigenvalue weighted by atomic mass is 10.1. The van der Waals surface area contributed by atoms with Crippen LogP contribution >= 0.6 is 0 Å². The third kappa shape index (κ3) is 3.87. The van der Waals surface area contributed by atoms with E-state index in [0.29, 0.717) is 11.9 Å². The summed E-state index contributed by atoms with van der Waals surface area (Å²) < 4.78 is 26.1. The van der Waals surface area contributed by atoms with Crippen LogP contribution in [0, 0.1) is 5.92 Å². The Balaban J connectivity index is 2.95. The first-order valence-corrected chi connectivity index (χ1v) is 7.71. The van der Waals surface area contributed by atoms with Gasteiger partial charge in [0.05, 0.1) is 12.4 Å². The highest BCUT2D eigenvalue weighted by Gasteiger charge is 2.26. The lowest BCUT2D eigenvalue weighted by Gasteiger charge is -2.25. The van der Waals surface area contributed by atoms with Gasteiger partial charge in [-0.05, 0) is 19.3 Å². The molecule has 6 nitrogen and oxygen atoms in total. The average Bonchev–Trinajstić information content (AvgIpc) is 2.37. The van der Waals surface area contributed by atoms with Crippen molar-refractivity contribution < 1.29 is 8.42 Å².